The van der Waals surface area contributed by atoms with Gasteiger partial charge in [0.2, 0.25) is 0 Å². The lowest BCUT2D eigenvalue weighted by molar-refractivity contribution is 0.0773. The maximum Gasteiger partial charge on any atom is 0.253 e. The molecule has 29 heavy (non-hydrogen) atoms. The Morgan fingerprint density at radius 2 is 1.72 bits per heavy atom. The van der Waals surface area contributed by atoms with E-state index in [0.29, 0.717) is 19.1 Å². The zero-order chi connectivity index (χ0) is 20.8. The van der Waals surface area contributed by atoms with Gasteiger partial charge in [-0.2, -0.15) is 0 Å². The highest BCUT2D eigenvalue weighted by molar-refractivity contribution is 14.0. The molecule has 0 aliphatic rings. The van der Waals surface area contributed by atoms with Crippen molar-refractivity contribution in [3.05, 3.63) is 35.4 Å². The number of halogens is 1. The molecule has 0 atom stereocenters. The van der Waals surface area contributed by atoms with Gasteiger partial charge in [-0.1, -0.05) is 26.0 Å². The fourth-order valence-electron chi connectivity index (χ4n) is 2.62. The molecule has 0 aromatic heterocycles. The highest BCUT2D eigenvalue weighted by Gasteiger charge is 2.11. The molecule has 0 fully saturated rings. The summed E-state index contributed by atoms with van der Waals surface area (Å²) in [5.41, 5.74) is 1.79. The molecule has 0 bridgehead atoms. The lowest BCUT2D eigenvalue weighted by atomic mass is 10.1. The number of amides is 1. The first-order valence-electron chi connectivity index (χ1n) is 10.5. The summed E-state index contributed by atoms with van der Waals surface area (Å²) in [4.78, 5) is 18.8. The molecule has 6 nitrogen and oxygen atoms in total. The van der Waals surface area contributed by atoms with Crippen molar-refractivity contribution in [1.29, 1.82) is 0 Å². The predicted molar refractivity (Wildman–Crippen MR) is 132 cm³/mol. The van der Waals surface area contributed by atoms with E-state index in [2.05, 4.69) is 29.5 Å². The van der Waals surface area contributed by atoms with E-state index in [1.165, 1.54) is 0 Å². The zero-order valence-electron chi connectivity index (χ0n) is 18.7. The monoisotopic (exact) mass is 518 g/mol. The van der Waals surface area contributed by atoms with E-state index in [4.69, 9.17) is 4.74 Å². The van der Waals surface area contributed by atoms with E-state index in [1.807, 2.05) is 49.9 Å². The molecule has 0 aliphatic carbocycles. The van der Waals surface area contributed by atoms with Crippen LogP contribution in [0.5, 0.6) is 0 Å². The molecule has 7 heteroatoms. The normalized spacial score (nSPS) is 11.2. The highest BCUT2D eigenvalue weighted by atomic mass is 127. The maximum atomic E-state index is 12.4. The van der Waals surface area contributed by atoms with Gasteiger partial charge in [-0.15, -0.1) is 24.0 Å². The number of nitrogens with one attached hydrogen (secondary N) is 2. The lowest BCUT2D eigenvalue weighted by Crippen LogP contribution is -2.39. The Morgan fingerprint density at radius 3 is 2.28 bits per heavy atom. The molecule has 1 aromatic rings. The first kappa shape index (κ1) is 27.6. The standard InChI is InChI=1S/C22H38N4O2.HI/c1-6-23-22(24-14-16-28-15-13-18(4)5)25-17-19-9-11-20(12-10-19)21(27)26(7-2)8-3;/h9-12,18H,6-8,13-17H2,1-5H3,(H2,23,24,25);1H. The Morgan fingerprint density at radius 1 is 1.07 bits per heavy atom. The summed E-state index contributed by atoms with van der Waals surface area (Å²) >= 11 is 0. The van der Waals surface area contributed by atoms with Crippen LogP contribution in [-0.2, 0) is 11.3 Å². The van der Waals surface area contributed by atoms with Gasteiger partial charge >= 0.3 is 0 Å². The van der Waals surface area contributed by atoms with Crippen LogP contribution >= 0.6 is 24.0 Å². The van der Waals surface area contributed by atoms with Gasteiger partial charge in [0.1, 0.15) is 0 Å². The van der Waals surface area contributed by atoms with E-state index in [-0.39, 0.29) is 29.9 Å². The molecule has 0 radical (unpaired) electrons. The van der Waals surface area contributed by atoms with Gasteiger partial charge < -0.3 is 20.3 Å². The summed E-state index contributed by atoms with van der Waals surface area (Å²) in [7, 11) is 0. The number of rotatable bonds is 12. The second-order valence-corrected chi connectivity index (χ2v) is 7.09. The van der Waals surface area contributed by atoms with Gasteiger partial charge in [0.15, 0.2) is 5.96 Å². The average molecular weight is 518 g/mol. The SMILES string of the molecule is CCNC(=NCc1ccc(C(=O)N(CC)CC)cc1)NCCOCCC(C)C.I. The van der Waals surface area contributed by atoms with Crippen molar-refractivity contribution >= 4 is 35.8 Å². The number of carbonyl (C=O) groups is 1. The Labute approximate surface area is 193 Å². The Hall–Kier alpha value is -1.35. The number of guanidine groups is 1. The first-order valence-corrected chi connectivity index (χ1v) is 10.5. The van der Waals surface area contributed by atoms with Crippen LogP contribution in [0.2, 0.25) is 0 Å². The van der Waals surface area contributed by atoms with Crippen LogP contribution in [0.1, 0.15) is 57.0 Å². The van der Waals surface area contributed by atoms with Gasteiger partial charge in [0.25, 0.3) is 5.91 Å². The van der Waals surface area contributed by atoms with Gasteiger partial charge in [-0.3, -0.25) is 4.79 Å². The molecule has 0 aliphatic heterocycles. The van der Waals surface area contributed by atoms with Crippen molar-refractivity contribution in [2.24, 2.45) is 10.9 Å². The third-order valence-corrected chi connectivity index (χ3v) is 4.39. The number of carbonyl (C=O) groups excluding carboxylic acids is 1. The number of hydrogen-bond acceptors (Lipinski definition) is 3. The molecule has 166 valence electrons. The number of hydrogen-bond donors (Lipinski definition) is 2. The van der Waals surface area contributed by atoms with Gasteiger partial charge in [0.05, 0.1) is 13.2 Å². The van der Waals surface area contributed by atoms with Crippen LogP contribution < -0.4 is 10.6 Å². The molecule has 0 saturated heterocycles. The van der Waals surface area contributed by atoms with Gasteiger partial charge in [0, 0.05) is 38.3 Å². The minimum atomic E-state index is 0. The second kappa shape index (κ2) is 16.4. The van der Waals surface area contributed by atoms with Crippen molar-refractivity contribution in [1.82, 2.24) is 15.5 Å². The van der Waals surface area contributed by atoms with Crippen LogP contribution in [0.25, 0.3) is 0 Å². The van der Waals surface area contributed by atoms with E-state index in [9.17, 15) is 4.79 Å². The highest BCUT2D eigenvalue weighted by Crippen LogP contribution is 2.09. The second-order valence-electron chi connectivity index (χ2n) is 7.09. The smallest absolute Gasteiger partial charge is 0.253 e. The van der Waals surface area contributed by atoms with Crippen LogP contribution in [0.15, 0.2) is 29.3 Å². The average Bonchev–Trinajstić information content (AvgIpc) is 2.69. The van der Waals surface area contributed by atoms with E-state index < -0.39 is 0 Å². The van der Waals surface area contributed by atoms with E-state index in [0.717, 1.165) is 56.3 Å². The van der Waals surface area contributed by atoms with Crippen molar-refractivity contribution in [3.63, 3.8) is 0 Å². The van der Waals surface area contributed by atoms with Gasteiger partial charge in [-0.05, 0) is 50.8 Å². The largest absolute Gasteiger partial charge is 0.380 e. The Balaban J connectivity index is 0.00000784. The summed E-state index contributed by atoms with van der Waals surface area (Å²) < 4.78 is 5.63. The topological polar surface area (TPSA) is 66.0 Å². The number of benzene rings is 1. The summed E-state index contributed by atoms with van der Waals surface area (Å²) in [6.45, 7) is 15.4. The van der Waals surface area contributed by atoms with Crippen molar-refractivity contribution in [2.75, 3.05) is 39.4 Å². The maximum absolute atomic E-state index is 12.4. The molecule has 1 rings (SSSR count). The minimum absolute atomic E-state index is 0. The van der Waals surface area contributed by atoms with Gasteiger partial charge in [-0.25, -0.2) is 4.99 Å². The number of nitrogens with zero attached hydrogens (tertiary/aromatic N) is 2. The number of ether oxygens (including phenoxy) is 1. The molecular formula is C22H39IN4O2. The molecular weight excluding hydrogens is 479 g/mol. The van der Waals surface area contributed by atoms with Crippen LogP contribution in [-0.4, -0.2) is 56.2 Å². The predicted octanol–water partition coefficient (Wildman–Crippen LogP) is 3.90. The number of aliphatic imine (C=N–C) groups is 1. The van der Waals surface area contributed by atoms with Crippen molar-refractivity contribution in [2.45, 2.75) is 47.6 Å². The molecule has 0 spiro atoms. The summed E-state index contributed by atoms with van der Waals surface area (Å²) in [5, 5.41) is 6.54. The molecule has 0 heterocycles. The zero-order valence-corrected chi connectivity index (χ0v) is 21.0. The summed E-state index contributed by atoms with van der Waals surface area (Å²) in [6.07, 6.45) is 1.08. The minimum Gasteiger partial charge on any atom is -0.380 e. The van der Waals surface area contributed by atoms with Crippen LogP contribution in [0, 0.1) is 5.92 Å². The summed E-state index contributed by atoms with van der Waals surface area (Å²) in [5.74, 6) is 1.52. The van der Waals surface area contributed by atoms with E-state index in [1.54, 1.807) is 0 Å². The van der Waals surface area contributed by atoms with Crippen LogP contribution in [0.4, 0.5) is 0 Å². The van der Waals surface area contributed by atoms with Crippen LogP contribution in [0.3, 0.4) is 0 Å². The molecule has 0 saturated carbocycles. The lowest BCUT2D eigenvalue weighted by Gasteiger charge is -2.18. The third-order valence-electron chi connectivity index (χ3n) is 4.39. The summed E-state index contributed by atoms with van der Waals surface area (Å²) in [6, 6.07) is 7.71. The third kappa shape index (κ3) is 11.4. The van der Waals surface area contributed by atoms with Crippen molar-refractivity contribution < 1.29 is 9.53 Å². The fraction of sp³-hybridized carbons (Fsp3) is 0.636. The van der Waals surface area contributed by atoms with E-state index >= 15 is 0 Å². The molecule has 1 amide bonds. The first-order chi connectivity index (χ1) is 13.5. The Kier molecular flexibility index (Phi) is 15.7. The molecule has 2 N–H and O–H groups in total. The Bertz CT molecular complexity index is 587. The fourth-order valence-corrected chi connectivity index (χ4v) is 2.62. The van der Waals surface area contributed by atoms with Crippen molar-refractivity contribution in [3.8, 4) is 0 Å². The molecule has 0 unspecified atom stereocenters. The molecule has 1 aromatic carbocycles. The quantitative estimate of drug-likeness (QED) is 0.191.